The fourth-order valence-corrected chi connectivity index (χ4v) is 10.8. The van der Waals surface area contributed by atoms with Crippen LogP contribution in [0.25, 0.3) is 10.6 Å². The summed E-state index contributed by atoms with van der Waals surface area (Å²) in [4.78, 5) is 32.7. The number of aromatic nitrogens is 3. The van der Waals surface area contributed by atoms with Crippen LogP contribution in [0.15, 0.2) is 76.6 Å². The van der Waals surface area contributed by atoms with E-state index in [0.717, 1.165) is 55.5 Å². The average Bonchev–Trinajstić information content (AvgIpc) is 3.97. The van der Waals surface area contributed by atoms with Gasteiger partial charge in [0.05, 0.1) is 69.1 Å². The van der Waals surface area contributed by atoms with E-state index in [1.165, 1.54) is 17.0 Å². The highest BCUT2D eigenvalue weighted by molar-refractivity contribution is 7.92. The molecule has 0 amide bonds. The number of nitrogens with zero attached hydrogens (tertiary/aromatic N) is 4. The van der Waals surface area contributed by atoms with E-state index in [4.69, 9.17) is 40.3 Å². The zero-order chi connectivity index (χ0) is 48.2. The van der Waals surface area contributed by atoms with Gasteiger partial charge in [-0.15, -0.1) is 21.5 Å². The maximum Gasteiger partial charge on any atom is 0.261 e. The molecular weight excluding hydrogens is 926 g/mol. The van der Waals surface area contributed by atoms with Gasteiger partial charge in [-0.05, 0) is 112 Å². The molecule has 0 bridgehead atoms. The largest absolute Gasteiger partial charge is 0.379 e. The highest BCUT2D eigenvalue weighted by Gasteiger charge is 2.32. The zero-order valence-electron chi connectivity index (χ0n) is 39.4. The molecule has 0 saturated carbocycles. The number of Topliss-reactive ketones (excluding diaryl/α,β-unsaturated/α-hetero) is 2. The number of halogens is 1. The second-order valence-corrected chi connectivity index (χ2v) is 20.2. The van der Waals surface area contributed by atoms with Crippen molar-refractivity contribution in [1.82, 2.24) is 14.8 Å². The zero-order valence-corrected chi connectivity index (χ0v) is 41.8. The van der Waals surface area contributed by atoms with E-state index in [-0.39, 0.29) is 29.3 Å². The first-order valence-electron chi connectivity index (χ1n) is 23.0. The Labute approximate surface area is 408 Å². The summed E-state index contributed by atoms with van der Waals surface area (Å²) >= 11 is 7.91. The van der Waals surface area contributed by atoms with Crippen molar-refractivity contribution < 1.29 is 41.7 Å². The van der Waals surface area contributed by atoms with E-state index in [2.05, 4.69) is 39.4 Å². The van der Waals surface area contributed by atoms with Crippen LogP contribution in [0, 0.1) is 27.7 Å². The van der Waals surface area contributed by atoms with Gasteiger partial charge in [0.1, 0.15) is 22.7 Å². The smallest absolute Gasteiger partial charge is 0.261 e. The summed E-state index contributed by atoms with van der Waals surface area (Å²) in [5.41, 5.74) is 9.14. The minimum Gasteiger partial charge on any atom is -0.379 e. The van der Waals surface area contributed by atoms with Crippen molar-refractivity contribution in [3.8, 4) is 5.00 Å². The van der Waals surface area contributed by atoms with Crippen molar-refractivity contribution in [2.45, 2.75) is 84.1 Å². The Morgan fingerprint density at radius 2 is 1.41 bits per heavy atom. The van der Waals surface area contributed by atoms with Gasteiger partial charge in [0.2, 0.25) is 0 Å². The highest BCUT2D eigenvalue weighted by Crippen LogP contribution is 2.40. The Morgan fingerprint density at radius 1 is 0.779 bits per heavy atom. The van der Waals surface area contributed by atoms with Crippen LogP contribution in [-0.2, 0) is 44.9 Å². The van der Waals surface area contributed by atoms with Crippen molar-refractivity contribution in [3.05, 3.63) is 127 Å². The van der Waals surface area contributed by atoms with Crippen LogP contribution in [-0.4, -0.2) is 107 Å². The van der Waals surface area contributed by atoms with Crippen molar-refractivity contribution in [2.75, 3.05) is 70.8 Å². The normalized spacial score (nSPS) is 14.2. The first kappa shape index (κ1) is 51.0. The number of allylic oxidation sites excluding steroid dienone is 2. The topological polar surface area (TPSA) is 170 Å². The number of benzene rings is 3. The second-order valence-electron chi connectivity index (χ2n) is 16.8. The van der Waals surface area contributed by atoms with E-state index in [1.807, 2.05) is 51.1 Å². The van der Waals surface area contributed by atoms with Crippen LogP contribution in [0.1, 0.15) is 105 Å². The molecule has 3 heterocycles. The molecule has 0 spiro atoms. The maximum atomic E-state index is 13.3. The molecule has 1 aliphatic carbocycles. The number of ether oxygens (including phenoxy) is 5. The molecular formula is C51H60ClN5O9S2. The predicted molar refractivity (Wildman–Crippen MR) is 266 cm³/mol. The van der Waals surface area contributed by atoms with Crippen LogP contribution in [0.5, 0.6) is 0 Å². The Balaban J connectivity index is 0.698. The van der Waals surface area contributed by atoms with E-state index in [1.54, 1.807) is 29.5 Å². The molecule has 1 atom stereocenters. The predicted octanol–water partition coefficient (Wildman–Crippen LogP) is 9.35. The van der Waals surface area contributed by atoms with Gasteiger partial charge in [-0.2, -0.15) is 0 Å². The standard InChI is InChI=1S/C51H60ClN5O9S2/c1-33-13-19-43-44(20-14-34(2)47(33)43)56-68(60,61)42-11-6-9-39(31-42)46(59)12-8-22-63-24-26-65-28-30-66-29-27-64-25-23-62-21-7-10-41(58)32-45-50-55-54-37(5)57(50)51-48(35(3)36(4)67-51)49(53-45)38-15-17-40(52)18-16-38/h6,9,11,13-18,20,31,45,56H,7-8,10,12,19,21-30,32H2,1-5H3/t45-/m0/s1. The molecule has 2 aliphatic rings. The first-order chi connectivity index (χ1) is 32.8. The lowest BCUT2D eigenvalue weighted by molar-refractivity contribution is -0.119. The van der Waals surface area contributed by atoms with Gasteiger partial charge in [-0.25, -0.2) is 8.42 Å². The Bertz CT molecular complexity index is 2750. The van der Waals surface area contributed by atoms with Gasteiger partial charge < -0.3 is 23.7 Å². The number of carbonyl (C=O) groups is 2. The van der Waals surface area contributed by atoms with Gasteiger partial charge in [0, 0.05) is 59.1 Å². The molecule has 1 aliphatic heterocycles. The minimum atomic E-state index is -3.90. The molecule has 0 radical (unpaired) electrons. The summed E-state index contributed by atoms with van der Waals surface area (Å²) < 4.78 is 59.5. The molecule has 0 fully saturated rings. The molecule has 0 saturated heterocycles. The molecule has 17 heteroatoms. The number of fused-ring (bicyclic) bond motifs is 4. The lowest BCUT2D eigenvalue weighted by Gasteiger charge is -2.15. The number of nitrogens with one attached hydrogen (secondary N) is 1. The number of sulfonamides is 1. The Hall–Kier alpha value is -4.91. The van der Waals surface area contributed by atoms with Crippen LogP contribution in [0.2, 0.25) is 5.02 Å². The number of hydrogen-bond donors (Lipinski definition) is 1. The number of aryl methyl sites for hydroxylation is 3. The monoisotopic (exact) mass is 985 g/mol. The fraction of sp³-hybridized carbons (Fsp3) is 0.431. The summed E-state index contributed by atoms with van der Waals surface area (Å²) in [6, 6.07) is 17.0. The molecule has 7 rings (SSSR count). The molecule has 1 N–H and O–H groups in total. The number of aliphatic imine (C=N–C) groups is 1. The number of hydrogen-bond acceptors (Lipinski definition) is 13. The van der Waals surface area contributed by atoms with Crippen LogP contribution in [0.3, 0.4) is 0 Å². The number of ketones is 2. The SMILES string of the molecule is CC1=CCc2c(NS(=O)(=O)c3cccc(C(=O)CCCOCCOCCOCCOCCOCCCC(=O)C[C@@H]4N=C(c5ccc(Cl)cc5)c5c(sc(C)c5C)-n5c(C)nnc54)c3)ccc(C)c21. The lowest BCUT2D eigenvalue weighted by atomic mass is 9.99. The third-order valence-corrected chi connectivity index (χ3v) is 14.7. The Kier molecular flexibility index (Phi) is 18.0. The van der Waals surface area contributed by atoms with Crippen LogP contribution in [0.4, 0.5) is 5.69 Å². The molecule has 68 heavy (non-hydrogen) atoms. The molecule has 2 aromatic heterocycles. The molecule has 14 nitrogen and oxygen atoms in total. The molecule has 362 valence electrons. The third-order valence-electron chi connectivity index (χ3n) is 11.9. The summed E-state index contributed by atoms with van der Waals surface area (Å²) in [5.74, 6) is 1.35. The van der Waals surface area contributed by atoms with Gasteiger partial charge in [0.15, 0.2) is 11.6 Å². The molecule has 3 aromatic carbocycles. The lowest BCUT2D eigenvalue weighted by Crippen LogP contribution is -2.15. The van der Waals surface area contributed by atoms with Crippen LogP contribution < -0.4 is 4.72 Å². The van der Waals surface area contributed by atoms with Gasteiger partial charge in [-0.3, -0.25) is 23.9 Å². The fourth-order valence-electron chi connectivity index (χ4n) is 8.30. The number of thiophene rings is 1. The maximum absolute atomic E-state index is 13.3. The quantitative estimate of drug-likeness (QED) is 0.0393. The van der Waals surface area contributed by atoms with Gasteiger partial charge >= 0.3 is 0 Å². The minimum absolute atomic E-state index is 0.0450. The third kappa shape index (κ3) is 12.8. The van der Waals surface area contributed by atoms with Crippen molar-refractivity contribution in [2.24, 2.45) is 4.99 Å². The summed E-state index contributed by atoms with van der Waals surface area (Å²) in [6.07, 6.45) is 4.65. The van der Waals surface area contributed by atoms with E-state index in [0.29, 0.717) is 114 Å². The van der Waals surface area contributed by atoms with Crippen molar-refractivity contribution >= 4 is 61.5 Å². The number of carbonyl (C=O) groups excluding carboxylic acids is 2. The average molecular weight is 987 g/mol. The van der Waals surface area contributed by atoms with E-state index < -0.39 is 16.1 Å². The highest BCUT2D eigenvalue weighted by atomic mass is 35.5. The van der Waals surface area contributed by atoms with Gasteiger partial charge in [-0.1, -0.05) is 48.0 Å². The van der Waals surface area contributed by atoms with Crippen LogP contribution >= 0.6 is 22.9 Å². The number of anilines is 1. The summed E-state index contributed by atoms with van der Waals surface area (Å²) in [7, 11) is -3.90. The first-order valence-corrected chi connectivity index (χ1v) is 25.7. The molecule has 5 aromatic rings. The van der Waals surface area contributed by atoms with E-state index in [9.17, 15) is 18.0 Å². The van der Waals surface area contributed by atoms with E-state index >= 15 is 0 Å². The summed E-state index contributed by atoms with van der Waals surface area (Å²) in [6.45, 7) is 14.3. The van der Waals surface area contributed by atoms with Crippen molar-refractivity contribution in [3.63, 3.8) is 0 Å². The molecule has 0 unspecified atom stereocenters. The summed E-state index contributed by atoms with van der Waals surface area (Å²) in [5, 5.41) is 10.5. The van der Waals surface area contributed by atoms with Gasteiger partial charge in [0.25, 0.3) is 10.0 Å². The van der Waals surface area contributed by atoms with Crippen molar-refractivity contribution in [1.29, 1.82) is 0 Å². The Morgan fingerprint density at radius 3 is 2.07 bits per heavy atom. The second kappa shape index (κ2) is 24.1. The number of rotatable bonds is 27.